The normalized spacial score (nSPS) is 11.2. The van der Waals surface area contributed by atoms with Crippen molar-refractivity contribution in [1.82, 2.24) is 9.97 Å². The number of nitrogens with one attached hydrogen (secondary N) is 1. The fourth-order valence-corrected chi connectivity index (χ4v) is 3.32. The van der Waals surface area contributed by atoms with Crippen molar-refractivity contribution in [3.8, 4) is 0 Å². The Morgan fingerprint density at radius 2 is 1.86 bits per heavy atom. The van der Waals surface area contributed by atoms with E-state index in [4.69, 9.17) is 9.15 Å². The number of benzene rings is 3. The van der Waals surface area contributed by atoms with Gasteiger partial charge in [-0.15, -0.1) is 0 Å². The summed E-state index contributed by atoms with van der Waals surface area (Å²) in [6, 6.07) is 19.3. The average molecular weight is 369 g/mol. The summed E-state index contributed by atoms with van der Waals surface area (Å²) in [7, 11) is 1.36. The lowest BCUT2D eigenvalue weighted by Gasteiger charge is -2.08. The highest BCUT2D eigenvalue weighted by atomic mass is 16.5. The Labute approximate surface area is 159 Å². The van der Waals surface area contributed by atoms with Gasteiger partial charge in [0.2, 0.25) is 11.7 Å². The van der Waals surface area contributed by atoms with Crippen LogP contribution < -0.4 is 5.32 Å². The quantitative estimate of drug-likeness (QED) is 0.448. The first kappa shape index (κ1) is 16.3. The van der Waals surface area contributed by atoms with Gasteiger partial charge in [-0.2, -0.15) is 4.98 Å². The number of aromatic nitrogens is 2. The molecule has 0 fully saturated rings. The van der Waals surface area contributed by atoms with Gasteiger partial charge in [0.15, 0.2) is 0 Å². The van der Waals surface area contributed by atoms with Gasteiger partial charge in [-0.3, -0.25) is 0 Å². The Morgan fingerprint density at radius 1 is 1.00 bits per heavy atom. The molecule has 5 aromatic rings. The van der Waals surface area contributed by atoms with Crippen LogP contribution in [0.1, 0.15) is 10.4 Å². The largest absolute Gasteiger partial charge is 0.465 e. The molecule has 0 aliphatic rings. The van der Waals surface area contributed by atoms with Crippen molar-refractivity contribution >= 4 is 50.4 Å². The van der Waals surface area contributed by atoms with Gasteiger partial charge >= 0.3 is 5.97 Å². The molecule has 136 valence electrons. The fourth-order valence-electron chi connectivity index (χ4n) is 3.32. The van der Waals surface area contributed by atoms with Crippen LogP contribution in [0.4, 0.5) is 11.6 Å². The highest BCUT2D eigenvalue weighted by Crippen LogP contribution is 2.30. The maximum Gasteiger partial charge on any atom is 0.337 e. The Bertz CT molecular complexity index is 1350. The zero-order chi connectivity index (χ0) is 19.1. The first-order chi connectivity index (χ1) is 13.7. The van der Waals surface area contributed by atoms with E-state index in [-0.39, 0.29) is 0 Å². The third kappa shape index (κ3) is 2.63. The number of rotatable bonds is 3. The summed E-state index contributed by atoms with van der Waals surface area (Å²) in [5.74, 6) is 0.0440. The second-order valence-corrected chi connectivity index (χ2v) is 6.37. The average Bonchev–Trinajstić information content (AvgIpc) is 3.10. The molecule has 0 amide bonds. The maximum absolute atomic E-state index is 11.8. The summed E-state index contributed by atoms with van der Waals surface area (Å²) in [5, 5.41) is 6.99. The van der Waals surface area contributed by atoms with E-state index in [0.29, 0.717) is 22.8 Å². The number of furan rings is 1. The number of methoxy groups -OCH3 is 1. The van der Waals surface area contributed by atoms with E-state index in [1.807, 2.05) is 30.3 Å². The van der Waals surface area contributed by atoms with Crippen LogP contribution in [-0.2, 0) is 4.74 Å². The van der Waals surface area contributed by atoms with Crippen LogP contribution in [-0.4, -0.2) is 23.0 Å². The third-order valence-corrected chi connectivity index (χ3v) is 4.69. The molecule has 0 bridgehead atoms. The Morgan fingerprint density at radius 3 is 2.75 bits per heavy atom. The molecule has 28 heavy (non-hydrogen) atoms. The standard InChI is InChI=1S/C22H15N3O3/c1-27-21(26)14-9-10-19-16(11-14)17-12-23-22(25-20(17)28-19)24-18-8-4-6-13-5-2-3-7-15(13)18/h2-12H,1H3,(H,23,24,25). The molecular weight excluding hydrogens is 354 g/mol. The van der Waals surface area contributed by atoms with Crippen molar-refractivity contribution in [1.29, 1.82) is 0 Å². The predicted octanol–water partition coefficient (Wildman–Crippen LogP) is 5.06. The number of carbonyl (C=O) groups is 1. The van der Waals surface area contributed by atoms with E-state index >= 15 is 0 Å². The molecule has 3 aromatic carbocycles. The monoisotopic (exact) mass is 369 g/mol. The predicted molar refractivity (Wildman–Crippen MR) is 108 cm³/mol. The number of hydrogen-bond acceptors (Lipinski definition) is 6. The molecule has 0 unspecified atom stereocenters. The molecule has 5 rings (SSSR count). The minimum absolute atomic E-state index is 0.397. The van der Waals surface area contributed by atoms with Gasteiger partial charge in [0, 0.05) is 22.7 Å². The summed E-state index contributed by atoms with van der Waals surface area (Å²) in [6.07, 6.45) is 1.70. The number of hydrogen-bond donors (Lipinski definition) is 1. The van der Waals surface area contributed by atoms with Crippen LogP contribution >= 0.6 is 0 Å². The van der Waals surface area contributed by atoms with Crippen LogP contribution in [0.15, 0.2) is 71.3 Å². The molecule has 2 heterocycles. The lowest BCUT2D eigenvalue weighted by Crippen LogP contribution is -2.00. The molecule has 0 aliphatic heterocycles. The SMILES string of the molecule is COC(=O)c1ccc2oc3nc(Nc4cccc5ccccc45)ncc3c2c1. The molecule has 0 spiro atoms. The second-order valence-electron chi connectivity index (χ2n) is 6.37. The van der Waals surface area contributed by atoms with Gasteiger partial charge in [0.25, 0.3) is 0 Å². The van der Waals surface area contributed by atoms with E-state index in [9.17, 15) is 4.79 Å². The van der Waals surface area contributed by atoms with Crippen LogP contribution in [0.25, 0.3) is 32.8 Å². The number of nitrogens with zero attached hydrogens (tertiary/aromatic N) is 2. The smallest absolute Gasteiger partial charge is 0.337 e. The topological polar surface area (TPSA) is 77.2 Å². The van der Waals surface area contributed by atoms with E-state index in [1.165, 1.54) is 7.11 Å². The molecule has 0 atom stereocenters. The minimum atomic E-state index is -0.397. The van der Waals surface area contributed by atoms with Crippen molar-refractivity contribution in [2.45, 2.75) is 0 Å². The lowest BCUT2D eigenvalue weighted by atomic mass is 10.1. The van der Waals surface area contributed by atoms with Crippen LogP contribution in [0.3, 0.4) is 0 Å². The van der Waals surface area contributed by atoms with Gasteiger partial charge in [0.05, 0.1) is 18.1 Å². The molecule has 6 heteroatoms. The highest BCUT2D eigenvalue weighted by Gasteiger charge is 2.14. The number of carbonyl (C=O) groups excluding carboxylic acids is 1. The van der Waals surface area contributed by atoms with Crippen LogP contribution in [0, 0.1) is 0 Å². The van der Waals surface area contributed by atoms with Crippen LogP contribution in [0.5, 0.6) is 0 Å². The minimum Gasteiger partial charge on any atom is -0.465 e. The first-order valence-electron chi connectivity index (χ1n) is 8.75. The molecule has 0 aliphatic carbocycles. The zero-order valence-corrected chi connectivity index (χ0v) is 15.0. The molecular formula is C22H15N3O3. The van der Waals surface area contributed by atoms with E-state index in [1.54, 1.807) is 24.4 Å². The summed E-state index contributed by atoms with van der Waals surface area (Å²) in [4.78, 5) is 20.7. The molecule has 6 nitrogen and oxygen atoms in total. The Kier molecular flexibility index (Phi) is 3.69. The summed E-state index contributed by atoms with van der Waals surface area (Å²) < 4.78 is 10.6. The van der Waals surface area contributed by atoms with Crippen molar-refractivity contribution in [3.05, 3.63) is 72.4 Å². The van der Waals surface area contributed by atoms with Gasteiger partial charge in [-0.05, 0) is 29.7 Å². The summed E-state index contributed by atoms with van der Waals surface area (Å²) >= 11 is 0. The fraction of sp³-hybridized carbons (Fsp3) is 0.0455. The van der Waals surface area contributed by atoms with Crippen molar-refractivity contribution in [2.75, 3.05) is 12.4 Å². The van der Waals surface area contributed by atoms with Crippen molar-refractivity contribution in [2.24, 2.45) is 0 Å². The lowest BCUT2D eigenvalue weighted by molar-refractivity contribution is 0.0601. The molecule has 0 saturated heterocycles. The summed E-state index contributed by atoms with van der Waals surface area (Å²) in [6.45, 7) is 0. The third-order valence-electron chi connectivity index (χ3n) is 4.69. The van der Waals surface area contributed by atoms with Crippen molar-refractivity contribution in [3.63, 3.8) is 0 Å². The Hall–Kier alpha value is -3.93. The van der Waals surface area contributed by atoms with Crippen molar-refractivity contribution < 1.29 is 13.9 Å². The van der Waals surface area contributed by atoms with Gasteiger partial charge < -0.3 is 14.5 Å². The zero-order valence-electron chi connectivity index (χ0n) is 15.0. The van der Waals surface area contributed by atoms with Gasteiger partial charge in [-0.1, -0.05) is 36.4 Å². The van der Waals surface area contributed by atoms with Gasteiger partial charge in [-0.25, -0.2) is 9.78 Å². The number of anilines is 2. The van der Waals surface area contributed by atoms with Crippen LogP contribution in [0.2, 0.25) is 0 Å². The maximum atomic E-state index is 11.8. The second kappa shape index (κ2) is 6.35. The molecule has 0 saturated carbocycles. The number of fused-ring (bicyclic) bond motifs is 4. The van der Waals surface area contributed by atoms with Gasteiger partial charge in [0.1, 0.15) is 5.58 Å². The molecule has 2 aromatic heterocycles. The molecule has 1 N–H and O–H groups in total. The number of ether oxygens (including phenoxy) is 1. The summed E-state index contributed by atoms with van der Waals surface area (Å²) in [5.41, 5.74) is 2.46. The highest BCUT2D eigenvalue weighted by molar-refractivity contribution is 6.06. The van der Waals surface area contributed by atoms with E-state index in [2.05, 4.69) is 27.4 Å². The van der Waals surface area contributed by atoms with E-state index < -0.39 is 5.97 Å². The Balaban J connectivity index is 1.58. The first-order valence-corrected chi connectivity index (χ1v) is 8.75. The molecule has 0 radical (unpaired) electrons. The number of esters is 1. The van der Waals surface area contributed by atoms with E-state index in [0.717, 1.165) is 27.2 Å².